The molecule has 3 rings (SSSR count). The molecule has 3 aromatic carbocycles. The summed E-state index contributed by atoms with van der Waals surface area (Å²) in [5.41, 5.74) is 0.369. The molecule has 0 aliphatic carbocycles. The summed E-state index contributed by atoms with van der Waals surface area (Å²) >= 11 is 0. The van der Waals surface area contributed by atoms with Crippen molar-refractivity contribution in [2.24, 2.45) is 0 Å². The number of ether oxygens (including phenoxy) is 2. The van der Waals surface area contributed by atoms with E-state index in [0.717, 1.165) is 6.07 Å². The molecule has 0 N–H and O–H groups in total. The molecule has 0 saturated carbocycles. The molecule has 3 aromatic rings. The van der Waals surface area contributed by atoms with E-state index in [4.69, 9.17) is 9.47 Å². The summed E-state index contributed by atoms with van der Waals surface area (Å²) in [4.78, 5) is 0. The molecule has 0 bridgehead atoms. The molecule has 0 spiro atoms. The second kappa shape index (κ2) is 7.95. The Kier molecular flexibility index (Phi) is 5.46. The first kappa shape index (κ1) is 17.9. The van der Waals surface area contributed by atoms with Crippen LogP contribution >= 0.6 is 0 Å². The number of hydrogen-bond donors (Lipinski definition) is 0. The van der Waals surface area contributed by atoms with Gasteiger partial charge in [0.2, 0.25) is 0 Å². The van der Waals surface area contributed by atoms with Crippen molar-refractivity contribution in [2.45, 2.75) is 13.5 Å². The summed E-state index contributed by atoms with van der Waals surface area (Å²) in [5, 5.41) is 0.681. The lowest BCUT2D eigenvalue weighted by Crippen LogP contribution is -2.00. The Morgan fingerprint density at radius 3 is 2.38 bits per heavy atom. The molecule has 134 valence electrons. The monoisotopic (exact) mass is 358 g/mol. The molecule has 0 saturated heterocycles. The van der Waals surface area contributed by atoms with Crippen LogP contribution in [-0.2, 0) is 6.61 Å². The maximum absolute atomic E-state index is 14.1. The summed E-state index contributed by atoms with van der Waals surface area (Å²) < 4.78 is 52.0. The van der Waals surface area contributed by atoms with Crippen molar-refractivity contribution in [3.05, 3.63) is 83.7 Å². The van der Waals surface area contributed by atoms with Gasteiger partial charge in [0, 0.05) is 17.0 Å². The highest BCUT2D eigenvalue weighted by molar-refractivity contribution is 5.84. The van der Waals surface area contributed by atoms with Gasteiger partial charge in [-0.05, 0) is 48.7 Å². The molecule has 0 radical (unpaired) electrons. The number of fused-ring (bicyclic) bond motifs is 1. The van der Waals surface area contributed by atoms with Crippen molar-refractivity contribution in [2.75, 3.05) is 6.61 Å². The van der Waals surface area contributed by atoms with Gasteiger partial charge in [-0.1, -0.05) is 18.2 Å². The maximum Gasteiger partial charge on any atom is 0.166 e. The van der Waals surface area contributed by atoms with Crippen LogP contribution in [0, 0.1) is 17.5 Å². The van der Waals surface area contributed by atoms with Gasteiger partial charge in [-0.25, -0.2) is 13.2 Å². The maximum atomic E-state index is 14.1. The van der Waals surface area contributed by atoms with Gasteiger partial charge in [-0.15, -0.1) is 0 Å². The zero-order valence-electron chi connectivity index (χ0n) is 14.1. The van der Waals surface area contributed by atoms with Crippen LogP contribution in [0.5, 0.6) is 11.5 Å². The highest BCUT2D eigenvalue weighted by atomic mass is 19.2. The largest absolute Gasteiger partial charge is 0.489 e. The molecule has 26 heavy (non-hydrogen) atoms. The smallest absolute Gasteiger partial charge is 0.166 e. The Morgan fingerprint density at radius 1 is 0.846 bits per heavy atom. The lowest BCUT2D eigenvalue weighted by Gasteiger charge is -2.10. The van der Waals surface area contributed by atoms with E-state index in [2.05, 4.69) is 0 Å². The number of rotatable bonds is 6. The van der Waals surface area contributed by atoms with E-state index in [1.807, 2.05) is 19.1 Å². The minimum atomic E-state index is -0.898. The van der Waals surface area contributed by atoms with Crippen LogP contribution in [-0.4, -0.2) is 6.61 Å². The fourth-order valence-electron chi connectivity index (χ4n) is 2.47. The first-order chi connectivity index (χ1) is 12.6. The van der Waals surface area contributed by atoms with Crippen molar-refractivity contribution < 1.29 is 22.6 Å². The molecule has 0 unspecified atom stereocenters. The lowest BCUT2D eigenvalue weighted by atomic mass is 10.1. The molecule has 2 nitrogen and oxygen atoms in total. The minimum Gasteiger partial charge on any atom is -0.489 e. The van der Waals surface area contributed by atoms with Crippen molar-refractivity contribution in [1.82, 2.24) is 0 Å². The van der Waals surface area contributed by atoms with Crippen molar-refractivity contribution in [1.29, 1.82) is 0 Å². The van der Waals surface area contributed by atoms with E-state index < -0.39 is 17.5 Å². The Morgan fingerprint density at radius 2 is 1.62 bits per heavy atom. The van der Waals surface area contributed by atoms with E-state index in [1.54, 1.807) is 18.2 Å². The summed E-state index contributed by atoms with van der Waals surface area (Å²) in [6.07, 6.45) is 3.67. The zero-order chi connectivity index (χ0) is 18.5. The molecular formula is C21H17F3O2. The van der Waals surface area contributed by atoms with E-state index in [-0.39, 0.29) is 12.0 Å². The fourth-order valence-corrected chi connectivity index (χ4v) is 2.47. The van der Waals surface area contributed by atoms with E-state index >= 15 is 0 Å². The van der Waals surface area contributed by atoms with Crippen LogP contribution in [0.4, 0.5) is 13.2 Å². The van der Waals surface area contributed by atoms with Gasteiger partial charge in [0.05, 0.1) is 0 Å². The van der Waals surface area contributed by atoms with Crippen molar-refractivity contribution in [3.63, 3.8) is 0 Å². The number of halogens is 3. The van der Waals surface area contributed by atoms with E-state index in [0.29, 0.717) is 29.1 Å². The van der Waals surface area contributed by atoms with Crippen LogP contribution in [0.25, 0.3) is 10.8 Å². The number of benzene rings is 3. The van der Waals surface area contributed by atoms with Gasteiger partial charge in [-0.2, -0.15) is 0 Å². The lowest BCUT2D eigenvalue weighted by molar-refractivity contribution is 0.299. The van der Waals surface area contributed by atoms with Crippen LogP contribution in [0.2, 0.25) is 0 Å². The zero-order valence-corrected chi connectivity index (χ0v) is 14.1. The number of hydrogen-bond acceptors (Lipinski definition) is 2. The van der Waals surface area contributed by atoms with Crippen LogP contribution in [0.15, 0.2) is 60.7 Å². The number of allylic oxidation sites excluding steroid dienone is 1. The topological polar surface area (TPSA) is 18.5 Å². The van der Waals surface area contributed by atoms with E-state index in [9.17, 15) is 13.2 Å². The highest BCUT2D eigenvalue weighted by Crippen LogP contribution is 2.26. The summed E-state index contributed by atoms with van der Waals surface area (Å²) in [6, 6.07) is 11.7. The predicted octanol–water partition coefficient (Wildman–Crippen LogP) is 5.79. The highest BCUT2D eigenvalue weighted by Gasteiger charge is 2.09. The molecule has 0 atom stereocenters. The molecule has 0 aliphatic heterocycles. The average molecular weight is 358 g/mol. The second-order valence-corrected chi connectivity index (χ2v) is 5.67. The van der Waals surface area contributed by atoms with Gasteiger partial charge < -0.3 is 9.47 Å². The first-order valence-electron chi connectivity index (χ1n) is 8.11. The van der Waals surface area contributed by atoms with Gasteiger partial charge in [-0.3, -0.25) is 0 Å². The molecule has 0 fully saturated rings. The predicted molar refractivity (Wildman–Crippen MR) is 94.9 cm³/mol. The first-order valence-corrected chi connectivity index (χ1v) is 8.11. The fraction of sp³-hybridized carbons (Fsp3) is 0.143. The molecule has 0 amide bonds. The van der Waals surface area contributed by atoms with Crippen LogP contribution < -0.4 is 9.47 Å². The summed E-state index contributed by atoms with van der Waals surface area (Å²) in [5.74, 6) is -1.35. The SMILES string of the molecule is CC=CCOc1ccc(COc2ccc3c(F)c(F)ccc3c2)c(F)c1. The summed E-state index contributed by atoms with van der Waals surface area (Å²) in [6.45, 7) is 2.26. The van der Waals surface area contributed by atoms with Crippen LogP contribution in [0.3, 0.4) is 0 Å². The third-order valence-corrected chi connectivity index (χ3v) is 3.88. The Bertz CT molecular complexity index is 951. The standard InChI is InChI=1S/C21H17F3O2/c1-2-3-10-25-17-6-4-15(20(23)12-17)13-26-16-7-8-18-14(11-16)5-9-19(22)21(18)24/h2-9,11-12H,10,13H2,1H3. The molecule has 0 heterocycles. The average Bonchev–Trinajstić information content (AvgIpc) is 2.64. The Balaban J connectivity index is 1.70. The Labute approximate surface area is 149 Å². The van der Waals surface area contributed by atoms with Crippen LogP contribution in [0.1, 0.15) is 12.5 Å². The molecule has 0 aliphatic rings. The van der Waals surface area contributed by atoms with E-state index in [1.165, 1.54) is 24.3 Å². The van der Waals surface area contributed by atoms with Gasteiger partial charge in [0.15, 0.2) is 11.6 Å². The quantitative estimate of drug-likeness (QED) is 0.519. The normalized spacial score (nSPS) is 11.2. The van der Waals surface area contributed by atoms with Gasteiger partial charge >= 0.3 is 0 Å². The molecule has 5 heteroatoms. The third kappa shape index (κ3) is 3.99. The van der Waals surface area contributed by atoms with Crippen molar-refractivity contribution >= 4 is 10.8 Å². The van der Waals surface area contributed by atoms with Gasteiger partial charge in [0.1, 0.15) is 30.5 Å². The molecular weight excluding hydrogens is 341 g/mol. The second-order valence-electron chi connectivity index (χ2n) is 5.67. The van der Waals surface area contributed by atoms with Gasteiger partial charge in [0.25, 0.3) is 0 Å². The summed E-state index contributed by atoms with van der Waals surface area (Å²) in [7, 11) is 0. The minimum absolute atomic E-state index is 0.0101. The molecule has 0 aromatic heterocycles. The third-order valence-electron chi connectivity index (χ3n) is 3.88. The van der Waals surface area contributed by atoms with Crippen molar-refractivity contribution in [3.8, 4) is 11.5 Å². The Hall–Kier alpha value is -2.95.